The zero-order valence-electron chi connectivity index (χ0n) is 11.7. The highest BCUT2D eigenvalue weighted by atomic mass is 35.7. The van der Waals surface area contributed by atoms with Crippen molar-refractivity contribution >= 4 is 19.7 Å². The Bertz CT molecular complexity index is 724. The van der Waals surface area contributed by atoms with E-state index in [4.69, 9.17) is 20.2 Å². The maximum atomic E-state index is 11.3. The number of aryl methyl sites for hydroxylation is 1. The highest BCUT2D eigenvalue weighted by Crippen LogP contribution is 2.28. The molecule has 4 nitrogen and oxygen atoms in total. The lowest BCUT2D eigenvalue weighted by atomic mass is 10.2. The molecule has 2 aromatic carbocycles. The van der Waals surface area contributed by atoms with Crippen LogP contribution in [0.25, 0.3) is 0 Å². The van der Waals surface area contributed by atoms with Crippen molar-refractivity contribution in [3.05, 3.63) is 48.0 Å². The molecule has 21 heavy (non-hydrogen) atoms. The molecule has 6 heteroatoms. The summed E-state index contributed by atoms with van der Waals surface area (Å²) in [4.78, 5) is 0.0863. The molecule has 2 rings (SSSR count). The zero-order chi connectivity index (χ0) is 15.5. The summed E-state index contributed by atoms with van der Waals surface area (Å²) < 4.78 is 33.7. The van der Waals surface area contributed by atoms with Gasteiger partial charge in [-0.1, -0.05) is 0 Å². The lowest BCUT2D eigenvalue weighted by molar-refractivity contribution is 0.339. The van der Waals surface area contributed by atoms with Gasteiger partial charge >= 0.3 is 0 Å². The summed E-state index contributed by atoms with van der Waals surface area (Å²) in [6.07, 6.45) is 0. The Morgan fingerprint density at radius 3 is 2.10 bits per heavy atom. The fourth-order valence-electron chi connectivity index (χ4n) is 1.87. The van der Waals surface area contributed by atoms with Gasteiger partial charge in [-0.05, 0) is 61.9 Å². The summed E-state index contributed by atoms with van der Waals surface area (Å²) >= 11 is 0. The molecule has 0 aromatic heterocycles. The predicted octanol–water partition coefficient (Wildman–Crippen LogP) is 4.11. The summed E-state index contributed by atoms with van der Waals surface area (Å²) in [5.74, 6) is 1.95. The van der Waals surface area contributed by atoms with Crippen LogP contribution in [0.5, 0.6) is 17.2 Å². The topological polar surface area (TPSA) is 52.6 Å². The number of hydrogen-bond donors (Lipinski definition) is 0. The molecule has 0 unspecified atom stereocenters. The summed E-state index contributed by atoms with van der Waals surface area (Å²) in [7, 11) is 1.61. The van der Waals surface area contributed by atoms with Gasteiger partial charge in [0.25, 0.3) is 9.05 Å². The highest BCUT2D eigenvalue weighted by molar-refractivity contribution is 8.13. The van der Waals surface area contributed by atoms with Crippen LogP contribution in [-0.2, 0) is 9.05 Å². The molecule has 0 fully saturated rings. The van der Waals surface area contributed by atoms with Crippen molar-refractivity contribution in [1.82, 2.24) is 0 Å². The minimum absolute atomic E-state index is 0.0863. The Morgan fingerprint density at radius 2 is 1.57 bits per heavy atom. The Hall–Kier alpha value is -1.72. The first-order chi connectivity index (χ1) is 9.90. The van der Waals surface area contributed by atoms with E-state index < -0.39 is 9.05 Å². The van der Waals surface area contributed by atoms with Crippen LogP contribution in [0, 0.1) is 6.92 Å². The Morgan fingerprint density at radius 1 is 1.00 bits per heavy atom. The summed E-state index contributed by atoms with van der Waals surface area (Å²) in [6, 6.07) is 11.8. The van der Waals surface area contributed by atoms with Crippen molar-refractivity contribution in [1.29, 1.82) is 0 Å². The van der Waals surface area contributed by atoms with Crippen molar-refractivity contribution in [2.75, 3.05) is 6.61 Å². The van der Waals surface area contributed by atoms with Crippen LogP contribution >= 0.6 is 10.7 Å². The molecule has 0 aliphatic heterocycles. The molecule has 0 aliphatic rings. The largest absolute Gasteiger partial charge is 0.494 e. The van der Waals surface area contributed by atoms with E-state index in [9.17, 15) is 8.42 Å². The van der Waals surface area contributed by atoms with Crippen molar-refractivity contribution in [3.8, 4) is 17.2 Å². The van der Waals surface area contributed by atoms with Crippen molar-refractivity contribution in [2.45, 2.75) is 18.7 Å². The monoisotopic (exact) mass is 326 g/mol. The van der Waals surface area contributed by atoms with Crippen molar-refractivity contribution in [3.63, 3.8) is 0 Å². The Labute approximate surface area is 128 Å². The summed E-state index contributed by atoms with van der Waals surface area (Å²) in [6.45, 7) is 4.19. The van der Waals surface area contributed by atoms with E-state index >= 15 is 0 Å². The standard InChI is InChI=1S/C15H15ClO4S/c1-3-19-12-4-6-13(7-5-12)20-14-8-9-15(11(2)10-14)21(16,17)18/h4-10H,3H2,1-2H3. The normalized spacial score (nSPS) is 11.2. The average molecular weight is 327 g/mol. The summed E-state index contributed by atoms with van der Waals surface area (Å²) in [5, 5.41) is 0. The van der Waals surface area contributed by atoms with E-state index in [0.29, 0.717) is 23.7 Å². The van der Waals surface area contributed by atoms with Crippen molar-refractivity contribution in [2.24, 2.45) is 0 Å². The van der Waals surface area contributed by atoms with E-state index in [-0.39, 0.29) is 4.90 Å². The molecule has 0 saturated heterocycles. The van der Waals surface area contributed by atoms with E-state index in [1.807, 2.05) is 19.1 Å². The van der Waals surface area contributed by atoms with Crippen molar-refractivity contribution < 1.29 is 17.9 Å². The third-order valence-electron chi connectivity index (χ3n) is 2.78. The molecule has 0 saturated carbocycles. The minimum atomic E-state index is -3.73. The van der Waals surface area contributed by atoms with E-state index in [1.54, 1.807) is 31.2 Å². The van der Waals surface area contributed by atoms with Gasteiger partial charge in [-0.25, -0.2) is 8.42 Å². The van der Waals surface area contributed by atoms with Crippen LogP contribution in [0.2, 0.25) is 0 Å². The van der Waals surface area contributed by atoms with Gasteiger partial charge in [-0.2, -0.15) is 0 Å². The number of rotatable bonds is 5. The lowest BCUT2D eigenvalue weighted by Crippen LogP contribution is -1.95. The highest BCUT2D eigenvalue weighted by Gasteiger charge is 2.13. The van der Waals surface area contributed by atoms with Gasteiger partial charge < -0.3 is 9.47 Å². The maximum absolute atomic E-state index is 11.3. The van der Waals surface area contributed by atoms with Gasteiger partial charge in [-0.3, -0.25) is 0 Å². The third kappa shape index (κ3) is 4.12. The first kappa shape index (κ1) is 15.7. The van der Waals surface area contributed by atoms with Crippen LogP contribution in [0.1, 0.15) is 12.5 Å². The minimum Gasteiger partial charge on any atom is -0.494 e. The third-order valence-corrected chi connectivity index (χ3v) is 4.26. The zero-order valence-corrected chi connectivity index (χ0v) is 13.2. The Kier molecular flexibility index (Phi) is 4.75. The molecular weight excluding hydrogens is 312 g/mol. The number of hydrogen-bond acceptors (Lipinski definition) is 4. The van der Waals surface area contributed by atoms with E-state index in [1.165, 1.54) is 6.07 Å². The Balaban J connectivity index is 2.18. The van der Waals surface area contributed by atoms with Crippen LogP contribution in [0.4, 0.5) is 0 Å². The van der Waals surface area contributed by atoms with Crippen LogP contribution < -0.4 is 9.47 Å². The molecule has 0 radical (unpaired) electrons. The second-order valence-electron chi connectivity index (χ2n) is 4.37. The number of halogens is 1. The molecule has 0 amide bonds. The van der Waals surface area contributed by atoms with Gasteiger partial charge in [0.1, 0.15) is 17.2 Å². The predicted molar refractivity (Wildman–Crippen MR) is 81.9 cm³/mol. The molecule has 0 aliphatic carbocycles. The summed E-state index contributed by atoms with van der Waals surface area (Å²) in [5.41, 5.74) is 0.536. The molecule has 0 bridgehead atoms. The van der Waals surface area contributed by atoms with E-state index in [2.05, 4.69) is 0 Å². The van der Waals surface area contributed by atoms with Crippen LogP contribution in [-0.4, -0.2) is 15.0 Å². The molecule has 0 atom stereocenters. The fourth-order valence-corrected chi connectivity index (χ4v) is 3.06. The molecule has 0 heterocycles. The lowest BCUT2D eigenvalue weighted by Gasteiger charge is -2.09. The molecule has 0 spiro atoms. The smallest absolute Gasteiger partial charge is 0.261 e. The van der Waals surface area contributed by atoms with Crippen LogP contribution in [0.3, 0.4) is 0 Å². The fraction of sp³-hybridized carbons (Fsp3) is 0.200. The van der Waals surface area contributed by atoms with Crippen LogP contribution in [0.15, 0.2) is 47.4 Å². The molecular formula is C15H15ClO4S. The van der Waals surface area contributed by atoms with Gasteiger partial charge in [0, 0.05) is 10.7 Å². The quantitative estimate of drug-likeness (QED) is 0.776. The van der Waals surface area contributed by atoms with Gasteiger partial charge in [0.2, 0.25) is 0 Å². The average Bonchev–Trinajstić information content (AvgIpc) is 2.40. The molecule has 0 N–H and O–H groups in total. The SMILES string of the molecule is CCOc1ccc(Oc2ccc(S(=O)(=O)Cl)c(C)c2)cc1. The number of ether oxygens (including phenoxy) is 2. The first-order valence-corrected chi connectivity index (χ1v) is 8.67. The second-order valence-corrected chi connectivity index (χ2v) is 6.91. The second kappa shape index (κ2) is 6.37. The van der Waals surface area contributed by atoms with Gasteiger partial charge in [-0.15, -0.1) is 0 Å². The first-order valence-electron chi connectivity index (χ1n) is 6.36. The van der Waals surface area contributed by atoms with Gasteiger partial charge in [0.15, 0.2) is 0 Å². The van der Waals surface area contributed by atoms with Gasteiger partial charge in [0.05, 0.1) is 11.5 Å². The van der Waals surface area contributed by atoms with E-state index in [0.717, 1.165) is 5.75 Å². The molecule has 2 aromatic rings. The maximum Gasteiger partial charge on any atom is 0.261 e. The number of benzene rings is 2. The molecule has 112 valence electrons.